The van der Waals surface area contributed by atoms with E-state index < -0.39 is 0 Å². The average Bonchev–Trinajstić information content (AvgIpc) is 2.79. The van der Waals surface area contributed by atoms with Crippen LogP contribution in [0.5, 0.6) is 0 Å². The summed E-state index contributed by atoms with van der Waals surface area (Å²) < 4.78 is 0. The third-order valence-electron chi connectivity index (χ3n) is 3.83. The van der Waals surface area contributed by atoms with Gasteiger partial charge in [0.25, 0.3) is 0 Å². The molecule has 1 aliphatic heterocycles. The zero-order valence-electron chi connectivity index (χ0n) is 10.9. The molecule has 1 aromatic rings. The van der Waals surface area contributed by atoms with E-state index in [0.29, 0.717) is 5.92 Å². The Morgan fingerprint density at radius 3 is 2.47 bits per heavy atom. The number of rotatable bonds is 4. The van der Waals surface area contributed by atoms with Crippen LogP contribution in [-0.4, -0.2) is 29.2 Å². The van der Waals surface area contributed by atoms with Gasteiger partial charge < -0.3 is 5.11 Å². The van der Waals surface area contributed by atoms with Gasteiger partial charge in [-0.25, -0.2) is 0 Å². The average molecular weight is 233 g/mol. The lowest BCUT2D eigenvalue weighted by Crippen LogP contribution is -2.23. The van der Waals surface area contributed by atoms with Crippen molar-refractivity contribution in [2.75, 3.05) is 13.1 Å². The molecule has 0 aromatic heterocycles. The second kappa shape index (κ2) is 5.65. The van der Waals surface area contributed by atoms with Crippen LogP contribution < -0.4 is 0 Å². The first-order valence-corrected chi connectivity index (χ1v) is 6.67. The Labute approximate surface area is 104 Å². The van der Waals surface area contributed by atoms with Crippen LogP contribution in [0.1, 0.15) is 31.4 Å². The molecule has 0 radical (unpaired) electrons. The van der Waals surface area contributed by atoms with E-state index in [1.807, 2.05) is 6.92 Å². The smallest absolute Gasteiger partial charge is 0.0552 e. The molecule has 17 heavy (non-hydrogen) atoms. The van der Waals surface area contributed by atoms with Crippen LogP contribution in [0.2, 0.25) is 0 Å². The van der Waals surface area contributed by atoms with Crippen molar-refractivity contribution in [3.63, 3.8) is 0 Å². The summed E-state index contributed by atoms with van der Waals surface area (Å²) in [6.07, 6.45) is 2.07. The Hall–Kier alpha value is -0.860. The Balaban J connectivity index is 1.89. The molecule has 2 heteroatoms. The number of nitrogens with zero attached hydrogens (tertiary/aromatic N) is 1. The largest absolute Gasteiger partial charge is 0.393 e. The molecular weight excluding hydrogens is 210 g/mol. The first-order chi connectivity index (χ1) is 8.19. The maximum Gasteiger partial charge on any atom is 0.0552 e. The van der Waals surface area contributed by atoms with Crippen LogP contribution in [0.4, 0.5) is 0 Å². The van der Waals surface area contributed by atoms with Gasteiger partial charge in [0.05, 0.1) is 6.10 Å². The zero-order valence-corrected chi connectivity index (χ0v) is 10.9. The second-order valence-corrected chi connectivity index (χ2v) is 5.19. The SMILES string of the molecule is CCc1ccc(CN2CCC(C(C)O)C2)cc1. The van der Waals surface area contributed by atoms with Crippen molar-refractivity contribution in [3.05, 3.63) is 35.4 Å². The van der Waals surface area contributed by atoms with E-state index in [4.69, 9.17) is 0 Å². The molecule has 1 N–H and O–H groups in total. The summed E-state index contributed by atoms with van der Waals surface area (Å²) in [7, 11) is 0. The van der Waals surface area contributed by atoms with E-state index in [1.165, 1.54) is 11.1 Å². The summed E-state index contributed by atoms with van der Waals surface area (Å²) >= 11 is 0. The standard InChI is InChI=1S/C15H23NO/c1-3-13-4-6-14(7-5-13)10-16-9-8-15(11-16)12(2)17/h4-7,12,15,17H,3,8-11H2,1-2H3. The molecule has 94 valence electrons. The van der Waals surface area contributed by atoms with Gasteiger partial charge in [-0.05, 0) is 43.4 Å². The summed E-state index contributed by atoms with van der Waals surface area (Å²) in [5, 5.41) is 9.58. The molecule has 0 saturated carbocycles. The highest BCUT2D eigenvalue weighted by Gasteiger charge is 2.25. The summed E-state index contributed by atoms with van der Waals surface area (Å²) in [5.41, 5.74) is 2.78. The maximum atomic E-state index is 9.58. The van der Waals surface area contributed by atoms with Gasteiger partial charge in [-0.3, -0.25) is 4.90 Å². The normalized spacial score (nSPS) is 22.9. The predicted octanol–water partition coefficient (Wildman–Crippen LogP) is 2.45. The van der Waals surface area contributed by atoms with Gasteiger partial charge in [0, 0.05) is 13.1 Å². The van der Waals surface area contributed by atoms with Crippen LogP contribution >= 0.6 is 0 Å². The van der Waals surface area contributed by atoms with Gasteiger partial charge in [0.1, 0.15) is 0 Å². The third-order valence-corrected chi connectivity index (χ3v) is 3.83. The minimum Gasteiger partial charge on any atom is -0.393 e. The molecule has 2 rings (SSSR count). The van der Waals surface area contributed by atoms with E-state index in [9.17, 15) is 5.11 Å². The monoisotopic (exact) mass is 233 g/mol. The van der Waals surface area contributed by atoms with Gasteiger partial charge in [-0.2, -0.15) is 0 Å². The topological polar surface area (TPSA) is 23.5 Å². The van der Waals surface area contributed by atoms with Crippen molar-refractivity contribution in [1.82, 2.24) is 4.90 Å². The third kappa shape index (κ3) is 3.30. The lowest BCUT2D eigenvalue weighted by Gasteiger charge is -2.17. The van der Waals surface area contributed by atoms with Gasteiger partial charge >= 0.3 is 0 Å². The molecule has 1 aliphatic rings. The van der Waals surface area contributed by atoms with E-state index in [2.05, 4.69) is 36.1 Å². The van der Waals surface area contributed by atoms with E-state index in [0.717, 1.165) is 32.5 Å². The number of aliphatic hydroxyl groups is 1. The van der Waals surface area contributed by atoms with E-state index in [-0.39, 0.29) is 6.10 Å². The van der Waals surface area contributed by atoms with Gasteiger partial charge in [-0.15, -0.1) is 0 Å². The van der Waals surface area contributed by atoms with Crippen molar-refractivity contribution in [3.8, 4) is 0 Å². The molecular formula is C15H23NO. The fourth-order valence-corrected chi connectivity index (χ4v) is 2.54. The lowest BCUT2D eigenvalue weighted by molar-refractivity contribution is 0.127. The molecule has 1 fully saturated rings. The van der Waals surface area contributed by atoms with Gasteiger partial charge in [0.15, 0.2) is 0 Å². The van der Waals surface area contributed by atoms with Gasteiger partial charge in [0.2, 0.25) is 0 Å². The fraction of sp³-hybridized carbons (Fsp3) is 0.600. The highest BCUT2D eigenvalue weighted by atomic mass is 16.3. The zero-order chi connectivity index (χ0) is 12.3. The summed E-state index contributed by atoms with van der Waals surface area (Å²) in [6, 6.07) is 8.90. The Morgan fingerprint density at radius 1 is 1.29 bits per heavy atom. The quantitative estimate of drug-likeness (QED) is 0.863. The van der Waals surface area contributed by atoms with Crippen LogP contribution in [0, 0.1) is 5.92 Å². The van der Waals surface area contributed by atoms with Crippen molar-refractivity contribution in [1.29, 1.82) is 0 Å². The molecule has 0 amide bonds. The Bertz CT molecular complexity index is 344. The van der Waals surface area contributed by atoms with Crippen LogP contribution in [0.3, 0.4) is 0 Å². The Morgan fingerprint density at radius 2 is 1.94 bits per heavy atom. The summed E-state index contributed by atoms with van der Waals surface area (Å²) in [4.78, 5) is 2.44. The minimum absolute atomic E-state index is 0.164. The molecule has 0 aliphatic carbocycles. The number of likely N-dealkylation sites (tertiary alicyclic amines) is 1. The fourth-order valence-electron chi connectivity index (χ4n) is 2.54. The minimum atomic E-state index is -0.164. The number of aryl methyl sites for hydroxylation is 1. The molecule has 1 saturated heterocycles. The number of aliphatic hydroxyl groups excluding tert-OH is 1. The summed E-state index contributed by atoms with van der Waals surface area (Å²) in [6.45, 7) is 7.26. The van der Waals surface area contributed by atoms with Crippen molar-refractivity contribution in [2.45, 2.75) is 39.3 Å². The van der Waals surface area contributed by atoms with E-state index in [1.54, 1.807) is 0 Å². The molecule has 1 heterocycles. The van der Waals surface area contributed by atoms with Gasteiger partial charge in [-0.1, -0.05) is 31.2 Å². The first kappa shape index (κ1) is 12.6. The molecule has 1 aromatic carbocycles. The number of hydrogen-bond acceptors (Lipinski definition) is 2. The predicted molar refractivity (Wildman–Crippen MR) is 70.9 cm³/mol. The molecule has 2 atom stereocenters. The molecule has 2 nitrogen and oxygen atoms in total. The first-order valence-electron chi connectivity index (χ1n) is 6.67. The molecule has 0 bridgehead atoms. The van der Waals surface area contributed by atoms with Crippen molar-refractivity contribution < 1.29 is 5.11 Å². The lowest BCUT2D eigenvalue weighted by atomic mass is 10.0. The highest BCUT2D eigenvalue weighted by molar-refractivity contribution is 5.22. The highest BCUT2D eigenvalue weighted by Crippen LogP contribution is 2.21. The second-order valence-electron chi connectivity index (χ2n) is 5.19. The van der Waals surface area contributed by atoms with Crippen LogP contribution in [0.25, 0.3) is 0 Å². The number of hydrogen-bond donors (Lipinski definition) is 1. The molecule has 0 spiro atoms. The summed E-state index contributed by atoms with van der Waals surface area (Å²) in [5.74, 6) is 0.463. The van der Waals surface area contributed by atoms with Crippen LogP contribution in [-0.2, 0) is 13.0 Å². The van der Waals surface area contributed by atoms with Crippen molar-refractivity contribution in [2.24, 2.45) is 5.92 Å². The van der Waals surface area contributed by atoms with Crippen molar-refractivity contribution >= 4 is 0 Å². The van der Waals surface area contributed by atoms with E-state index >= 15 is 0 Å². The van der Waals surface area contributed by atoms with Crippen LogP contribution in [0.15, 0.2) is 24.3 Å². The Kier molecular flexibility index (Phi) is 4.19. The number of benzene rings is 1. The maximum absolute atomic E-state index is 9.58. The molecule has 2 unspecified atom stereocenters.